The first-order valence-electron chi connectivity index (χ1n) is 13.8. The predicted octanol–water partition coefficient (Wildman–Crippen LogP) is 7.95. The molecule has 1 atom stereocenters. The van der Waals surface area contributed by atoms with Crippen molar-refractivity contribution in [1.29, 1.82) is 0 Å². The second kappa shape index (κ2) is 12.6. The van der Waals surface area contributed by atoms with Gasteiger partial charge in [0.1, 0.15) is 6.54 Å². The largest absolute Gasteiger partial charge is 0.478 e. The molecule has 1 heterocycles. The zero-order chi connectivity index (χ0) is 27.9. The van der Waals surface area contributed by atoms with Gasteiger partial charge < -0.3 is 14.6 Å². The second-order valence-electron chi connectivity index (χ2n) is 10.3. The first kappa shape index (κ1) is 27.9. The van der Waals surface area contributed by atoms with E-state index in [4.69, 9.17) is 0 Å². The van der Waals surface area contributed by atoms with Gasteiger partial charge in [-0.2, -0.15) is 0 Å². The summed E-state index contributed by atoms with van der Waals surface area (Å²) in [5, 5.41) is 10.8. The molecule has 1 aromatic heterocycles. The van der Waals surface area contributed by atoms with Gasteiger partial charge in [-0.05, 0) is 53.1 Å². The van der Waals surface area contributed by atoms with Crippen molar-refractivity contribution in [3.8, 4) is 11.3 Å². The van der Waals surface area contributed by atoms with Gasteiger partial charge in [0.25, 0.3) is 0 Å². The van der Waals surface area contributed by atoms with Crippen LogP contribution in [0.1, 0.15) is 72.5 Å². The third-order valence-corrected chi connectivity index (χ3v) is 7.40. The first-order chi connectivity index (χ1) is 18.8. The van der Waals surface area contributed by atoms with Gasteiger partial charge in [0.15, 0.2) is 0 Å². The third-order valence-electron chi connectivity index (χ3n) is 7.40. The summed E-state index contributed by atoms with van der Waals surface area (Å²) in [4.78, 5) is 26.5. The van der Waals surface area contributed by atoms with Crippen LogP contribution in [0, 0.1) is 0 Å². The monoisotopic (exact) mass is 522 g/mol. The number of carbonyl (C=O) groups is 2. The van der Waals surface area contributed by atoms with E-state index < -0.39 is 5.97 Å². The van der Waals surface area contributed by atoms with Gasteiger partial charge >= 0.3 is 5.97 Å². The summed E-state index contributed by atoms with van der Waals surface area (Å²) < 4.78 is 2.03. The highest BCUT2D eigenvalue weighted by Gasteiger charge is 2.26. The zero-order valence-corrected chi connectivity index (χ0v) is 23.4. The van der Waals surface area contributed by atoms with E-state index in [9.17, 15) is 14.7 Å². The van der Waals surface area contributed by atoms with Crippen LogP contribution in [0.2, 0.25) is 0 Å². The summed E-state index contributed by atoms with van der Waals surface area (Å²) in [5.74, 6) is -0.713. The molecule has 1 unspecified atom stereocenters. The SMILES string of the molecule is CCCCC(CC)c1c(-c2ccc(/C=C/c3ccccc3)cc2)n(CC(=O)N(C)C)c2cc(C(=O)O)ccc12. The lowest BCUT2D eigenvalue weighted by Crippen LogP contribution is -2.26. The molecule has 5 nitrogen and oxygen atoms in total. The number of amides is 1. The molecule has 0 saturated heterocycles. The number of carbonyl (C=O) groups excluding carboxylic acids is 1. The zero-order valence-electron chi connectivity index (χ0n) is 23.4. The van der Waals surface area contributed by atoms with E-state index in [0.717, 1.165) is 59.0 Å². The number of carboxylic acid groups (broad SMARTS) is 1. The van der Waals surface area contributed by atoms with E-state index in [0.29, 0.717) is 5.92 Å². The number of aromatic carboxylic acids is 1. The normalized spacial score (nSPS) is 12.2. The molecule has 0 spiro atoms. The summed E-state index contributed by atoms with van der Waals surface area (Å²) in [6.45, 7) is 4.55. The summed E-state index contributed by atoms with van der Waals surface area (Å²) in [7, 11) is 3.50. The van der Waals surface area contributed by atoms with Crippen LogP contribution in [-0.4, -0.2) is 40.5 Å². The molecule has 0 saturated carbocycles. The highest BCUT2D eigenvalue weighted by molar-refractivity contribution is 5.99. The van der Waals surface area contributed by atoms with Crippen LogP contribution in [0.4, 0.5) is 0 Å². The minimum absolute atomic E-state index is 0.0375. The fraction of sp³-hybridized carbons (Fsp3) is 0.294. The molecule has 202 valence electrons. The summed E-state index contributed by atoms with van der Waals surface area (Å²) in [5.41, 5.74) is 6.47. The summed E-state index contributed by atoms with van der Waals surface area (Å²) in [6.07, 6.45) is 8.41. The van der Waals surface area contributed by atoms with E-state index in [1.807, 2.05) is 28.8 Å². The van der Waals surface area contributed by atoms with Gasteiger partial charge in [0, 0.05) is 19.5 Å². The lowest BCUT2D eigenvalue weighted by Gasteiger charge is -2.19. The average molecular weight is 523 g/mol. The van der Waals surface area contributed by atoms with Crippen LogP contribution >= 0.6 is 0 Å². The molecule has 4 rings (SSSR count). The average Bonchev–Trinajstić information content (AvgIpc) is 3.26. The van der Waals surface area contributed by atoms with Crippen molar-refractivity contribution in [2.75, 3.05) is 14.1 Å². The van der Waals surface area contributed by atoms with Crippen LogP contribution in [0.15, 0.2) is 72.8 Å². The quantitative estimate of drug-likeness (QED) is 0.203. The van der Waals surface area contributed by atoms with Gasteiger partial charge in [-0.25, -0.2) is 4.79 Å². The Bertz CT molecular complexity index is 1460. The Morgan fingerprint density at radius 2 is 1.59 bits per heavy atom. The van der Waals surface area contributed by atoms with Crippen molar-refractivity contribution in [3.63, 3.8) is 0 Å². The van der Waals surface area contributed by atoms with Crippen molar-refractivity contribution in [2.45, 2.75) is 52.0 Å². The number of likely N-dealkylation sites (N-methyl/N-ethyl adjacent to an activating group) is 1. The Morgan fingerprint density at radius 3 is 2.18 bits per heavy atom. The Morgan fingerprint density at radius 1 is 0.923 bits per heavy atom. The van der Waals surface area contributed by atoms with E-state index in [2.05, 4.69) is 62.4 Å². The Kier molecular flexibility index (Phi) is 9.03. The third kappa shape index (κ3) is 6.31. The van der Waals surface area contributed by atoms with E-state index in [1.165, 1.54) is 5.56 Å². The number of unbranched alkanes of at least 4 members (excludes halogenated alkanes) is 1. The molecule has 0 fully saturated rings. The number of benzene rings is 3. The van der Waals surface area contributed by atoms with Gasteiger partial charge in [-0.1, -0.05) is 99.5 Å². The van der Waals surface area contributed by atoms with E-state index >= 15 is 0 Å². The van der Waals surface area contributed by atoms with Gasteiger partial charge in [0.2, 0.25) is 5.91 Å². The fourth-order valence-corrected chi connectivity index (χ4v) is 5.19. The summed E-state index contributed by atoms with van der Waals surface area (Å²) in [6, 6.07) is 24.0. The minimum Gasteiger partial charge on any atom is -0.478 e. The summed E-state index contributed by atoms with van der Waals surface area (Å²) >= 11 is 0. The van der Waals surface area contributed by atoms with Gasteiger partial charge in [-0.3, -0.25) is 4.79 Å². The Balaban J connectivity index is 1.91. The van der Waals surface area contributed by atoms with Crippen molar-refractivity contribution in [2.24, 2.45) is 0 Å². The number of hydrogen-bond donors (Lipinski definition) is 1. The van der Waals surface area contributed by atoms with Crippen molar-refractivity contribution in [3.05, 3.63) is 95.1 Å². The number of fused-ring (bicyclic) bond motifs is 1. The smallest absolute Gasteiger partial charge is 0.335 e. The molecule has 1 N–H and O–H groups in total. The van der Waals surface area contributed by atoms with Crippen molar-refractivity contribution >= 4 is 34.9 Å². The van der Waals surface area contributed by atoms with Gasteiger partial charge in [-0.15, -0.1) is 0 Å². The highest BCUT2D eigenvalue weighted by atomic mass is 16.4. The number of carboxylic acids is 1. The van der Waals surface area contributed by atoms with Crippen LogP contribution in [-0.2, 0) is 11.3 Å². The van der Waals surface area contributed by atoms with Crippen LogP contribution in [0.3, 0.4) is 0 Å². The molecule has 4 aromatic rings. The second-order valence-corrected chi connectivity index (χ2v) is 10.3. The van der Waals surface area contributed by atoms with E-state index in [1.54, 1.807) is 31.1 Å². The minimum atomic E-state index is -0.973. The molecule has 0 aliphatic rings. The maximum absolute atomic E-state index is 13.0. The number of rotatable bonds is 11. The maximum atomic E-state index is 13.0. The molecular formula is C34H38N2O3. The standard InChI is InChI=1S/C34H38N2O3/c1-5-7-13-26(6-2)32-29-21-20-28(34(38)39)22-30(29)36(23-31(37)35(3)4)33(32)27-18-16-25(17-19-27)15-14-24-11-9-8-10-12-24/h8-12,14-22,26H,5-7,13,23H2,1-4H3,(H,38,39)/b15-14+. The van der Waals surface area contributed by atoms with Crippen LogP contribution in [0.5, 0.6) is 0 Å². The van der Waals surface area contributed by atoms with Crippen molar-refractivity contribution in [1.82, 2.24) is 9.47 Å². The number of hydrogen-bond acceptors (Lipinski definition) is 2. The molecule has 39 heavy (non-hydrogen) atoms. The molecule has 0 bridgehead atoms. The predicted molar refractivity (Wildman–Crippen MR) is 161 cm³/mol. The van der Waals surface area contributed by atoms with Crippen LogP contribution in [0.25, 0.3) is 34.3 Å². The first-order valence-corrected chi connectivity index (χ1v) is 13.8. The van der Waals surface area contributed by atoms with Crippen LogP contribution < -0.4 is 0 Å². The maximum Gasteiger partial charge on any atom is 0.335 e. The fourth-order valence-electron chi connectivity index (χ4n) is 5.19. The van der Waals surface area contributed by atoms with Crippen molar-refractivity contribution < 1.29 is 14.7 Å². The highest BCUT2D eigenvalue weighted by Crippen LogP contribution is 2.42. The molecule has 0 aliphatic carbocycles. The Hall–Kier alpha value is -4.12. The molecule has 1 amide bonds. The van der Waals surface area contributed by atoms with Gasteiger partial charge in [0.05, 0.1) is 16.8 Å². The molecule has 0 radical (unpaired) electrons. The Labute approximate surface area is 231 Å². The van der Waals surface area contributed by atoms with E-state index in [-0.39, 0.29) is 18.0 Å². The topological polar surface area (TPSA) is 62.5 Å². The molecule has 5 heteroatoms. The number of nitrogens with zero attached hydrogens (tertiary/aromatic N) is 2. The molecule has 0 aliphatic heterocycles. The lowest BCUT2D eigenvalue weighted by atomic mass is 9.87. The number of aromatic nitrogens is 1. The lowest BCUT2D eigenvalue weighted by molar-refractivity contribution is -0.129. The molecular weight excluding hydrogens is 484 g/mol. The molecule has 3 aromatic carbocycles.